The Morgan fingerprint density at radius 2 is 1.56 bits per heavy atom. The number of carbonyl (C=O) groups is 3. The van der Waals surface area contributed by atoms with E-state index in [4.69, 9.17) is 14.2 Å². The van der Waals surface area contributed by atoms with Crippen LogP contribution in [0.3, 0.4) is 0 Å². The first-order valence-corrected chi connectivity index (χ1v) is 10.5. The first kappa shape index (κ1) is 23.1. The Morgan fingerprint density at radius 3 is 2.16 bits per heavy atom. The molecule has 2 aromatic rings. The number of nitrogens with zero attached hydrogens (tertiary/aromatic N) is 1. The van der Waals surface area contributed by atoms with Gasteiger partial charge in [-0.15, -0.1) is 0 Å². The standard InChI is InChI=1S/C24H28N2O6/c1-16(27)32-20-6-4-5-18(11-20)24(29)26-9-7-17(8-10-26)15-25-23(28)19-12-21(30-2)14-22(13-19)31-3/h4-6,11-14,17H,7-10,15H2,1-3H3,(H,25,28). The lowest BCUT2D eigenvalue weighted by atomic mass is 9.96. The second-order valence-electron chi connectivity index (χ2n) is 7.67. The Morgan fingerprint density at radius 1 is 0.938 bits per heavy atom. The van der Waals surface area contributed by atoms with Gasteiger partial charge in [-0.25, -0.2) is 0 Å². The van der Waals surface area contributed by atoms with Crippen molar-refractivity contribution in [3.05, 3.63) is 53.6 Å². The van der Waals surface area contributed by atoms with E-state index in [0.717, 1.165) is 12.8 Å². The van der Waals surface area contributed by atoms with Crippen LogP contribution in [0.25, 0.3) is 0 Å². The van der Waals surface area contributed by atoms with Crippen LogP contribution in [0, 0.1) is 5.92 Å². The molecule has 1 heterocycles. The van der Waals surface area contributed by atoms with E-state index < -0.39 is 5.97 Å². The van der Waals surface area contributed by atoms with E-state index in [1.807, 2.05) is 0 Å². The number of benzene rings is 2. The molecule has 3 rings (SSSR count). The van der Waals surface area contributed by atoms with Gasteiger partial charge in [-0.3, -0.25) is 14.4 Å². The summed E-state index contributed by atoms with van der Waals surface area (Å²) in [6, 6.07) is 11.7. The molecule has 8 heteroatoms. The van der Waals surface area contributed by atoms with Crippen LogP contribution >= 0.6 is 0 Å². The van der Waals surface area contributed by atoms with Crippen molar-refractivity contribution in [1.82, 2.24) is 10.2 Å². The molecule has 8 nitrogen and oxygen atoms in total. The van der Waals surface area contributed by atoms with Gasteiger partial charge in [0.15, 0.2) is 0 Å². The highest BCUT2D eigenvalue weighted by atomic mass is 16.5. The van der Waals surface area contributed by atoms with Crippen molar-refractivity contribution in [3.8, 4) is 17.2 Å². The van der Waals surface area contributed by atoms with Gasteiger partial charge in [0.1, 0.15) is 17.2 Å². The number of hydrogen-bond donors (Lipinski definition) is 1. The van der Waals surface area contributed by atoms with Crippen molar-refractivity contribution >= 4 is 17.8 Å². The number of rotatable bonds is 7. The van der Waals surface area contributed by atoms with Crippen molar-refractivity contribution in [1.29, 1.82) is 0 Å². The molecule has 0 bridgehead atoms. The summed E-state index contributed by atoms with van der Waals surface area (Å²) < 4.78 is 15.5. The summed E-state index contributed by atoms with van der Waals surface area (Å²) in [7, 11) is 3.08. The number of ether oxygens (including phenoxy) is 3. The lowest BCUT2D eigenvalue weighted by molar-refractivity contribution is -0.131. The van der Waals surface area contributed by atoms with Crippen molar-refractivity contribution < 1.29 is 28.6 Å². The molecule has 2 amide bonds. The average Bonchev–Trinajstić information content (AvgIpc) is 2.81. The van der Waals surface area contributed by atoms with Crippen molar-refractivity contribution in [2.75, 3.05) is 33.9 Å². The van der Waals surface area contributed by atoms with Gasteiger partial charge in [-0.2, -0.15) is 0 Å². The molecule has 0 aliphatic carbocycles. The zero-order valence-electron chi connectivity index (χ0n) is 18.6. The number of methoxy groups -OCH3 is 2. The molecule has 0 spiro atoms. The van der Waals surface area contributed by atoms with Gasteiger partial charge in [-0.05, 0) is 49.1 Å². The van der Waals surface area contributed by atoms with Crippen LogP contribution in [0.5, 0.6) is 17.2 Å². The molecule has 32 heavy (non-hydrogen) atoms. The van der Waals surface area contributed by atoms with Gasteiger partial charge in [0, 0.05) is 43.8 Å². The van der Waals surface area contributed by atoms with E-state index in [9.17, 15) is 14.4 Å². The number of nitrogens with one attached hydrogen (secondary N) is 1. The third kappa shape index (κ3) is 6.00. The lowest BCUT2D eigenvalue weighted by Gasteiger charge is -2.32. The van der Waals surface area contributed by atoms with Crippen LogP contribution in [-0.4, -0.2) is 56.5 Å². The zero-order chi connectivity index (χ0) is 23.1. The summed E-state index contributed by atoms with van der Waals surface area (Å²) >= 11 is 0. The summed E-state index contributed by atoms with van der Waals surface area (Å²) in [5.41, 5.74) is 0.962. The van der Waals surface area contributed by atoms with Crippen LogP contribution in [0.2, 0.25) is 0 Å². The highest BCUT2D eigenvalue weighted by molar-refractivity contribution is 5.95. The summed E-state index contributed by atoms with van der Waals surface area (Å²) in [6.45, 7) is 3.06. The monoisotopic (exact) mass is 440 g/mol. The van der Waals surface area contributed by atoms with Gasteiger partial charge < -0.3 is 24.4 Å². The summed E-state index contributed by atoms with van der Waals surface area (Å²) in [5, 5.41) is 2.97. The Balaban J connectivity index is 1.51. The fraction of sp³-hybridized carbons (Fsp3) is 0.375. The SMILES string of the molecule is COc1cc(OC)cc(C(=O)NCC2CCN(C(=O)c3cccc(OC(C)=O)c3)CC2)c1. The lowest BCUT2D eigenvalue weighted by Crippen LogP contribution is -2.41. The maximum atomic E-state index is 12.8. The smallest absolute Gasteiger partial charge is 0.308 e. The number of amides is 2. The molecular weight excluding hydrogens is 412 g/mol. The van der Waals surface area contributed by atoms with Crippen LogP contribution in [0.4, 0.5) is 0 Å². The van der Waals surface area contributed by atoms with Gasteiger partial charge in [0.2, 0.25) is 0 Å². The zero-order valence-corrected chi connectivity index (χ0v) is 18.6. The molecule has 170 valence electrons. The van der Waals surface area contributed by atoms with Crippen molar-refractivity contribution in [2.24, 2.45) is 5.92 Å². The highest BCUT2D eigenvalue weighted by Gasteiger charge is 2.24. The molecule has 0 aromatic heterocycles. The van der Waals surface area contributed by atoms with Gasteiger partial charge in [-0.1, -0.05) is 6.07 Å². The third-order valence-electron chi connectivity index (χ3n) is 5.41. The second kappa shape index (κ2) is 10.7. The van der Waals surface area contributed by atoms with Crippen molar-refractivity contribution in [2.45, 2.75) is 19.8 Å². The van der Waals surface area contributed by atoms with E-state index in [1.165, 1.54) is 21.1 Å². The molecule has 0 unspecified atom stereocenters. The van der Waals surface area contributed by atoms with E-state index in [0.29, 0.717) is 48.0 Å². The molecule has 1 aliphatic rings. The van der Waals surface area contributed by atoms with Crippen LogP contribution < -0.4 is 19.5 Å². The fourth-order valence-electron chi connectivity index (χ4n) is 3.66. The highest BCUT2D eigenvalue weighted by Crippen LogP contribution is 2.23. The number of hydrogen-bond acceptors (Lipinski definition) is 6. The molecule has 0 radical (unpaired) electrons. The summed E-state index contributed by atoms with van der Waals surface area (Å²) in [5.74, 6) is 1.04. The quantitative estimate of drug-likeness (QED) is 0.526. The largest absolute Gasteiger partial charge is 0.497 e. The Labute approximate surface area is 187 Å². The molecule has 1 saturated heterocycles. The Kier molecular flexibility index (Phi) is 7.70. The van der Waals surface area contributed by atoms with Gasteiger partial charge in [0.05, 0.1) is 14.2 Å². The summed E-state index contributed by atoms with van der Waals surface area (Å²) in [4.78, 5) is 38.3. The topological polar surface area (TPSA) is 94.2 Å². The van der Waals surface area contributed by atoms with E-state index >= 15 is 0 Å². The van der Waals surface area contributed by atoms with E-state index in [2.05, 4.69) is 5.32 Å². The number of carbonyl (C=O) groups excluding carboxylic acids is 3. The Bertz CT molecular complexity index is 960. The van der Waals surface area contributed by atoms with Gasteiger partial charge in [0.25, 0.3) is 11.8 Å². The van der Waals surface area contributed by atoms with Crippen LogP contribution in [0.15, 0.2) is 42.5 Å². The number of esters is 1. The first-order chi connectivity index (χ1) is 15.4. The van der Waals surface area contributed by atoms with E-state index in [1.54, 1.807) is 47.4 Å². The average molecular weight is 440 g/mol. The van der Waals surface area contributed by atoms with E-state index in [-0.39, 0.29) is 17.7 Å². The predicted molar refractivity (Wildman–Crippen MR) is 118 cm³/mol. The minimum atomic E-state index is -0.426. The maximum Gasteiger partial charge on any atom is 0.308 e. The normalized spacial score (nSPS) is 13.9. The number of piperidine rings is 1. The Hall–Kier alpha value is -3.55. The number of likely N-dealkylation sites (tertiary alicyclic amines) is 1. The first-order valence-electron chi connectivity index (χ1n) is 10.5. The van der Waals surface area contributed by atoms with Crippen LogP contribution in [-0.2, 0) is 4.79 Å². The minimum Gasteiger partial charge on any atom is -0.497 e. The third-order valence-corrected chi connectivity index (χ3v) is 5.41. The fourth-order valence-corrected chi connectivity index (χ4v) is 3.66. The predicted octanol–water partition coefficient (Wildman–Crippen LogP) is 2.91. The van der Waals surface area contributed by atoms with Gasteiger partial charge >= 0.3 is 5.97 Å². The molecule has 1 aliphatic heterocycles. The molecule has 1 N–H and O–H groups in total. The minimum absolute atomic E-state index is 0.0926. The second-order valence-corrected chi connectivity index (χ2v) is 7.67. The molecule has 0 atom stereocenters. The van der Waals surface area contributed by atoms with Crippen molar-refractivity contribution in [3.63, 3.8) is 0 Å². The van der Waals surface area contributed by atoms with Crippen LogP contribution in [0.1, 0.15) is 40.5 Å². The molecular formula is C24H28N2O6. The maximum absolute atomic E-state index is 12.8. The molecule has 2 aromatic carbocycles. The summed E-state index contributed by atoms with van der Waals surface area (Å²) in [6.07, 6.45) is 1.58. The molecule has 0 saturated carbocycles. The molecule has 1 fully saturated rings.